The predicted octanol–water partition coefficient (Wildman–Crippen LogP) is 2.76. The fraction of sp³-hybridized carbons (Fsp3) is 0.273. The summed E-state index contributed by atoms with van der Waals surface area (Å²) in [6.07, 6.45) is -1.17. The summed E-state index contributed by atoms with van der Waals surface area (Å²) in [6.45, 7) is -1.22. The Kier molecular flexibility index (Phi) is 6.75. The number of carbonyl (C=O) groups excluding carboxylic acids is 1. The molecule has 0 bridgehead atoms. The number of hydrogen-bond donors (Lipinski definition) is 3. The number of carbonyl (C=O) groups is 1. The molecule has 20 heavy (non-hydrogen) atoms. The highest BCUT2D eigenvalue weighted by atomic mass is 35.6. The van der Waals surface area contributed by atoms with Crippen molar-refractivity contribution in [2.75, 3.05) is 12.0 Å². The monoisotopic (exact) mass is 357 g/mol. The van der Waals surface area contributed by atoms with Gasteiger partial charge in [0, 0.05) is 5.69 Å². The maximum atomic E-state index is 12.2. The van der Waals surface area contributed by atoms with Gasteiger partial charge in [0.2, 0.25) is 3.79 Å². The number of anilines is 1. The smallest absolute Gasteiger partial charge is 0.253 e. The topological polar surface area (TPSA) is 53.2 Å². The number of thiocarbonyl (C=S) groups is 1. The molecular weight excluding hydrogens is 348 g/mol. The van der Waals surface area contributed by atoms with Crippen molar-refractivity contribution in [1.29, 1.82) is 0 Å². The van der Waals surface area contributed by atoms with E-state index in [0.29, 0.717) is 5.69 Å². The van der Waals surface area contributed by atoms with E-state index in [-0.39, 0.29) is 5.11 Å². The molecule has 0 radical (unpaired) electrons. The van der Waals surface area contributed by atoms with E-state index in [1.54, 1.807) is 12.1 Å². The molecule has 1 amide bonds. The second-order valence-electron chi connectivity index (χ2n) is 3.64. The first-order chi connectivity index (χ1) is 9.32. The van der Waals surface area contributed by atoms with Crippen molar-refractivity contribution in [2.45, 2.75) is 9.96 Å². The molecule has 3 N–H and O–H groups in total. The zero-order valence-electron chi connectivity index (χ0n) is 10.00. The molecule has 110 valence electrons. The van der Waals surface area contributed by atoms with Crippen molar-refractivity contribution in [3.05, 3.63) is 30.3 Å². The summed E-state index contributed by atoms with van der Waals surface area (Å²) in [5, 5.41) is 7.72. The van der Waals surface area contributed by atoms with Crippen LogP contribution in [0.4, 0.5) is 10.1 Å². The second-order valence-corrected chi connectivity index (χ2v) is 6.42. The lowest BCUT2D eigenvalue weighted by molar-refractivity contribution is -0.122. The Morgan fingerprint density at radius 3 is 2.35 bits per heavy atom. The molecule has 1 atom stereocenters. The van der Waals surface area contributed by atoms with Crippen molar-refractivity contribution in [3.8, 4) is 0 Å². The van der Waals surface area contributed by atoms with Crippen LogP contribution in [-0.4, -0.2) is 27.7 Å². The lowest BCUT2D eigenvalue weighted by Gasteiger charge is -2.27. The number of benzene rings is 1. The van der Waals surface area contributed by atoms with Gasteiger partial charge in [-0.2, -0.15) is 0 Å². The Morgan fingerprint density at radius 2 is 1.85 bits per heavy atom. The number of nitrogens with one attached hydrogen (secondary N) is 3. The van der Waals surface area contributed by atoms with Crippen LogP contribution in [0.5, 0.6) is 0 Å². The van der Waals surface area contributed by atoms with Gasteiger partial charge in [-0.15, -0.1) is 0 Å². The van der Waals surface area contributed by atoms with Gasteiger partial charge in [0.15, 0.2) is 11.8 Å². The van der Waals surface area contributed by atoms with E-state index in [4.69, 9.17) is 47.0 Å². The summed E-state index contributed by atoms with van der Waals surface area (Å²) in [7, 11) is 0. The number of rotatable bonds is 4. The molecule has 0 aliphatic carbocycles. The first kappa shape index (κ1) is 17.2. The van der Waals surface area contributed by atoms with E-state index in [1.807, 2.05) is 18.2 Å². The molecule has 0 unspecified atom stereocenters. The molecule has 4 nitrogen and oxygen atoms in total. The Morgan fingerprint density at radius 1 is 1.25 bits per heavy atom. The van der Waals surface area contributed by atoms with Gasteiger partial charge in [0.05, 0.1) is 0 Å². The van der Waals surface area contributed by atoms with Gasteiger partial charge in [-0.1, -0.05) is 53.0 Å². The highest BCUT2D eigenvalue weighted by Crippen LogP contribution is 2.29. The molecule has 1 rings (SSSR count). The maximum Gasteiger partial charge on any atom is 0.253 e. The molecule has 1 aromatic rings. The largest absolute Gasteiger partial charge is 0.339 e. The van der Waals surface area contributed by atoms with Gasteiger partial charge in [-0.25, -0.2) is 4.39 Å². The second kappa shape index (κ2) is 7.83. The highest BCUT2D eigenvalue weighted by molar-refractivity contribution is 7.80. The number of alkyl halides is 4. The van der Waals surface area contributed by atoms with Gasteiger partial charge >= 0.3 is 0 Å². The summed E-state index contributed by atoms with van der Waals surface area (Å²) in [6, 6.07) is 9.01. The number of amides is 1. The van der Waals surface area contributed by atoms with Gasteiger partial charge in [0.1, 0.15) is 6.17 Å². The van der Waals surface area contributed by atoms with E-state index in [1.165, 1.54) is 0 Å². The predicted molar refractivity (Wildman–Crippen MR) is 84.0 cm³/mol. The van der Waals surface area contributed by atoms with E-state index >= 15 is 0 Å². The average molecular weight is 359 g/mol. The van der Waals surface area contributed by atoms with Crippen molar-refractivity contribution in [3.63, 3.8) is 0 Å². The first-order valence-corrected chi connectivity index (χ1v) is 6.91. The zero-order valence-corrected chi connectivity index (χ0v) is 13.1. The number of hydrogen-bond acceptors (Lipinski definition) is 2. The number of halogens is 4. The standard InChI is InChI=1S/C11H11Cl3FN3OS/c12-11(13,14)9(17-8(19)6-15)18-10(20)16-7-4-2-1-3-5-7/h1-5,9H,6H2,(H,17,19)(H2,16,18,20)/t9-/m1/s1. The fourth-order valence-corrected chi connectivity index (χ4v) is 1.78. The lowest BCUT2D eigenvalue weighted by Crippen LogP contribution is -2.56. The maximum absolute atomic E-state index is 12.2. The highest BCUT2D eigenvalue weighted by Gasteiger charge is 2.34. The summed E-state index contributed by atoms with van der Waals surface area (Å²) in [5.41, 5.74) is 0.713. The molecule has 0 saturated carbocycles. The van der Waals surface area contributed by atoms with Crippen LogP contribution < -0.4 is 16.0 Å². The zero-order chi connectivity index (χ0) is 15.2. The Labute approximate surface area is 136 Å². The molecule has 0 fully saturated rings. The van der Waals surface area contributed by atoms with Gasteiger partial charge in [-0.3, -0.25) is 4.79 Å². The van der Waals surface area contributed by atoms with E-state index in [0.717, 1.165) is 0 Å². The van der Waals surface area contributed by atoms with Crippen molar-refractivity contribution >= 4 is 63.7 Å². The summed E-state index contributed by atoms with van der Waals surface area (Å²) < 4.78 is 10.3. The molecule has 9 heteroatoms. The first-order valence-electron chi connectivity index (χ1n) is 5.37. The van der Waals surface area contributed by atoms with Crippen molar-refractivity contribution < 1.29 is 9.18 Å². The van der Waals surface area contributed by atoms with Crippen LogP contribution in [0, 0.1) is 0 Å². The average Bonchev–Trinajstić information content (AvgIpc) is 2.37. The number of para-hydroxylation sites is 1. The summed E-state index contributed by atoms with van der Waals surface area (Å²) in [4.78, 5) is 11.0. The van der Waals surface area contributed by atoms with Crippen LogP contribution in [0.3, 0.4) is 0 Å². The molecule has 0 spiro atoms. The molecule has 0 aliphatic rings. The third kappa shape index (κ3) is 6.09. The van der Waals surface area contributed by atoms with Crippen LogP contribution >= 0.6 is 47.0 Å². The van der Waals surface area contributed by atoms with E-state index < -0.39 is 22.5 Å². The van der Waals surface area contributed by atoms with Gasteiger partial charge in [0.25, 0.3) is 5.91 Å². The van der Waals surface area contributed by atoms with Gasteiger partial charge in [-0.05, 0) is 24.4 Å². The minimum atomic E-state index is -1.90. The Hall–Kier alpha value is -0.820. The van der Waals surface area contributed by atoms with Crippen LogP contribution in [-0.2, 0) is 4.79 Å². The third-order valence-corrected chi connectivity index (χ3v) is 2.94. The minimum absolute atomic E-state index is 0.117. The molecule has 0 aromatic heterocycles. The minimum Gasteiger partial charge on any atom is -0.339 e. The lowest BCUT2D eigenvalue weighted by atomic mass is 10.3. The van der Waals surface area contributed by atoms with E-state index in [9.17, 15) is 9.18 Å². The molecule has 1 aromatic carbocycles. The summed E-state index contributed by atoms with van der Waals surface area (Å²) >= 11 is 22.1. The normalized spacial score (nSPS) is 12.4. The fourth-order valence-electron chi connectivity index (χ4n) is 1.22. The Balaban J connectivity index is 2.65. The Bertz CT molecular complexity index is 470. The third-order valence-electron chi connectivity index (χ3n) is 2.06. The van der Waals surface area contributed by atoms with Gasteiger partial charge < -0.3 is 16.0 Å². The SMILES string of the molecule is O=C(CF)N[C@H](NC(=S)Nc1ccccc1)C(Cl)(Cl)Cl. The molecule has 0 heterocycles. The summed E-state index contributed by atoms with van der Waals surface area (Å²) in [5.74, 6) is -0.920. The molecular formula is C11H11Cl3FN3OS. The molecule has 0 aliphatic heterocycles. The van der Waals surface area contributed by atoms with E-state index in [2.05, 4.69) is 16.0 Å². The molecule has 0 saturated heterocycles. The van der Waals surface area contributed by atoms with Crippen molar-refractivity contribution in [1.82, 2.24) is 10.6 Å². The van der Waals surface area contributed by atoms with Crippen LogP contribution in [0.25, 0.3) is 0 Å². The quantitative estimate of drug-likeness (QED) is 0.440. The van der Waals surface area contributed by atoms with Crippen LogP contribution in [0.1, 0.15) is 0 Å². The van der Waals surface area contributed by atoms with Crippen LogP contribution in [0.15, 0.2) is 30.3 Å². The van der Waals surface area contributed by atoms with Crippen LogP contribution in [0.2, 0.25) is 0 Å². The van der Waals surface area contributed by atoms with Crippen molar-refractivity contribution in [2.24, 2.45) is 0 Å².